The highest BCUT2D eigenvalue weighted by atomic mass is 35.5. The number of hydrogen-bond acceptors (Lipinski definition) is 2. The molecule has 5 heteroatoms. The number of carbonyl (C=O) groups excluding carboxylic acids is 1. The highest BCUT2D eigenvalue weighted by Gasteiger charge is 2.32. The molecule has 0 bridgehead atoms. The van der Waals surface area contributed by atoms with Crippen LogP contribution in [0, 0.1) is 0 Å². The Bertz CT molecular complexity index is 727. The van der Waals surface area contributed by atoms with Crippen LogP contribution in [0.4, 0.5) is 0 Å². The predicted molar refractivity (Wildman–Crippen MR) is 91.7 cm³/mol. The van der Waals surface area contributed by atoms with Gasteiger partial charge in [0, 0.05) is 10.0 Å². The van der Waals surface area contributed by atoms with Crippen LogP contribution in [0.15, 0.2) is 42.5 Å². The lowest BCUT2D eigenvalue weighted by molar-refractivity contribution is -0.135. The fourth-order valence-electron chi connectivity index (χ4n) is 3.08. The van der Waals surface area contributed by atoms with E-state index in [1.807, 2.05) is 31.2 Å². The van der Waals surface area contributed by atoms with E-state index >= 15 is 0 Å². The maximum Gasteiger partial charge on any atom is 0.227 e. The van der Waals surface area contributed by atoms with Gasteiger partial charge in [-0.05, 0) is 35.7 Å². The third-order valence-corrected chi connectivity index (χ3v) is 5.06. The standard InChI is InChI=1S/C18H17Cl2NO2/c1-11-12-5-2-3-6-13(12)17(22)10-21(11)18(23)9-14-15(19)7-4-8-16(14)20/h2-8,11,17,22H,9-10H2,1H3/t11-,17+/m0/s1. The zero-order valence-electron chi connectivity index (χ0n) is 12.7. The molecule has 0 spiro atoms. The number of halogens is 2. The van der Waals surface area contributed by atoms with Crippen molar-refractivity contribution in [2.75, 3.05) is 6.54 Å². The van der Waals surface area contributed by atoms with Gasteiger partial charge >= 0.3 is 0 Å². The van der Waals surface area contributed by atoms with E-state index in [-0.39, 0.29) is 24.9 Å². The van der Waals surface area contributed by atoms with Crippen molar-refractivity contribution in [3.8, 4) is 0 Å². The molecule has 0 radical (unpaired) electrons. The minimum Gasteiger partial charge on any atom is -0.387 e. The van der Waals surface area contributed by atoms with Gasteiger partial charge in [0.25, 0.3) is 0 Å². The number of rotatable bonds is 2. The van der Waals surface area contributed by atoms with Crippen LogP contribution >= 0.6 is 23.2 Å². The molecule has 120 valence electrons. The van der Waals surface area contributed by atoms with Crippen LogP contribution in [-0.2, 0) is 11.2 Å². The van der Waals surface area contributed by atoms with Crippen molar-refractivity contribution in [2.24, 2.45) is 0 Å². The second-order valence-electron chi connectivity index (χ2n) is 5.74. The summed E-state index contributed by atoms with van der Waals surface area (Å²) < 4.78 is 0. The van der Waals surface area contributed by atoms with E-state index < -0.39 is 6.10 Å². The minimum absolute atomic E-state index is 0.0941. The number of aliphatic hydroxyl groups excluding tert-OH is 1. The average molecular weight is 350 g/mol. The van der Waals surface area contributed by atoms with E-state index in [0.29, 0.717) is 15.6 Å². The summed E-state index contributed by atoms with van der Waals surface area (Å²) in [6, 6.07) is 12.8. The van der Waals surface area contributed by atoms with E-state index in [4.69, 9.17) is 23.2 Å². The largest absolute Gasteiger partial charge is 0.387 e. The third kappa shape index (κ3) is 3.09. The zero-order valence-corrected chi connectivity index (χ0v) is 14.2. The van der Waals surface area contributed by atoms with Gasteiger partial charge in [-0.15, -0.1) is 0 Å². The van der Waals surface area contributed by atoms with Crippen LogP contribution in [0.5, 0.6) is 0 Å². The first-order valence-electron chi connectivity index (χ1n) is 7.48. The summed E-state index contributed by atoms with van der Waals surface area (Å²) in [6.07, 6.45) is -0.550. The monoisotopic (exact) mass is 349 g/mol. The van der Waals surface area contributed by atoms with Gasteiger partial charge in [-0.25, -0.2) is 0 Å². The Labute approximate surface area is 145 Å². The van der Waals surface area contributed by atoms with Crippen LogP contribution in [0.25, 0.3) is 0 Å². The molecule has 0 saturated carbocycles. The zero-order chi connectivity index (χ0) is 16.6. The van der Waals surface area contributed by atoms with Gasteiger partial charge in [-0.1, -0.05) is 53.5 Å². The van der Waals surface area contributed by atoms with Crippen molar-refractivity contribution in [3.05, 3.63) is 69.2 Å². The molecule has 3 nitrogen and oxygen atoms in total. The number of amides is 1. The molecule has 0 unspecified atom stereocenters. The first kappa shape index (κ1) is 16.3. The summed E-state index contributed by atoms with van der Waals surface area (Å²) in [5, 5.41) is 11.3. The van der Waals surface area contributed by atoms with Gasteiger partial charge in [0.05, 0.1) is 25.1 Å². The molecular formula is C18H17Cl2NO2. The number of nitrogens with zero attached hydrogens (tertiary/aromatic N) is 1. The molecule has 1 aliphatic rings. The Kier molecular flexibility index (Phi) is 4.62. The molecule has 1 N–H and O–H groups in total. The summed E-state index contributed by atoms with van der Waals surface area (Å²) in [7, 11) is 0. The number of carbonyl (C=O) groups is 1. The lowest BCUT2D eigenvalue weighted by Gasteiger charge is -2.38. The molecule has 1 amide bonds. The summed E-state index contributed by atoms with van der Waals surface area (Å²) in [5.41, 5.74) is 2.49. The predicted octanol–water partition coefficient (Wildman–Crippen LogP) is 4.17. The molecule has 0 aliphatic carbocycles. The van der Waals surface area contributed by atoms with Crippen LogP contribution in [0.2, 0.25) is 10.0 Å². The molecule has 0 fully saturated rings. The first-order chi connectivity index (χ1) is 11.0. The summed E-state index contributed by atoms with van der Waals surface area (Å²) >= 11 is 12.3. The van der Waals surface area contributed by atoms with Gasteiger partial charge in [-0.3, -0.25) is 4.79 Å². The molecule has 23 heavy (non-hydrogen) atoms. The third-order valence-electron chi connectivity index (χ3n) is 4.35. The molecule has 0 aromatic heterocycles. The normalized spacial score (nSPS) is 20.3. The molecule has 1 heterocycles. The van der Waals surface area contributed by atoms with Crippen LogP contribution in [0.1, 0.15) is 35.8 Å². The highest BCUT2D eigenvalue weighted by molar-refractivity contribution is 6.36. The second-order valence-corrected chi connectivity index (χ2v) is 6.56. The van der Waals surface area contributed by atoms with Gasteiger partial charge in [0.15, 0.2) is 0 Å². The summed E-state index contributed by atoms with van der Waals surface area (Å²) in [6.45, 7) is 2.25. The maximum atomic E-state index is 12.7. The van der Waals surface area contributed by atoms with Crippen molar-refractivity contribution in [2.45, 2.75) is 25.5 Å². The molecular weight excluding hydrogens is 333 g/mol. The lowest BCUT2D eigenvalue weighted by Crippen LogP contribution is -2.41. The molecule has 2 atom stereocenters. The topological polar surface area (TPSA) is 40.5 Å². The van der Waals surface area contributed by atoms with Crippen molar-refractivity contribution in [1.29, 1.82) is 0 Å². The smallest absolute Gasteiger partial charge is 0.227 e. The Balaban J connectivity index is 1.86. The average Bonchev–Trinajstić information content (AvgIpc) is 2.54. The highest BCUT2D eigenvalue weighted by Crippen LogP contribution is 2.35. The lowest BCUT2D eigenvalue weighted by atomic mass is 9.91. The fourth-order valence-corrected chi connectivity index (χ4v) is 3.61. The Hall–Kier alpha value is -1.55. The number of hydrogen-bond donors (Lipinski definition) is 1. The van der Waals surface area contributed by atoms with Crippen molar-refractivity contribution < 1.29 is 9.90 Å². The van der Waals surface area contributed by atoms with Crippen LogP contribution in [-0.4, -0.2) is 22.5 Å². The molecule has 3 rings (SSSR count). The quantitative estimate of drug-likeness (QED) is 0.883. The number of fused-ring (bicyclic) bond motifs is 1. The van der Waals surface area contributed by atoms with E-state index in [1.54, 1.807) is 23.1 Å². The molecule has 0 saturated heterocycles. The summed E-state index contributed by atoms with van der Waals surface area (Å²) in [5.74, 6) is -0.0962. The SMILES string of the molecule is C[C@H]1c2ccccc2[C@H](O)CN1C(=O)Cc1c(Cl)cccc1Cl. The minimum atomic E-state index is -0.673. The van der Waals surface area contributed by atoms with Crippen molar-refractivity contribution >= 4 is 29.1 Å². The fraction of sp³-hybridized carbons (Fsp3) is 0.278. The van der Waals surface area contributed by atoms with Crippen molar-refractivity contribution in [1.82, 2.24) is 4.90 Å². The number of β-amino-alcohol motifs (C(OH)–C–C–N with tert-alkyl or cyclic N) is 1. The molecule has 1 aliphatic heterocycles. The van der Waals surface area contributed by atoms with E-state index in [0.717, 1.165) is 11.1 Å². The number of benzene rings is 2. The summed E-state index contributed by atoms with van der Waals surface area (Å²) in [4.78, 5) is 14.4. The van der Waals surface area contributed by atoms with E-state index in [2.05, 4.69) is 0 Å². The Morgan fingerprint density at radius 2 is 1.74 bits per heavy atom. The molecule has 2 aromatic carbocycles. The molecule has 2 aromatic rings. The van der Waals surface area contributed by atoms with Crippen molar-refractivity contribution in [3.63, 3.8) is 0 Å². The van der Waals surface area contributed by atoms with Crippen LogP contribution in [0.3, 0.4) is 0 Å². The van der Waals surface area contributed by atoms with E-state index in [1.165, 1.54) is 0 Å². The van der Waals surface area contributed by atoms with Crippen LogP contribution < -0.4 is 0 Å². The first-order valence-corrected chi connectivity index (χ1v) is 8.24. The van der Waals surface area contributed by atoms with Gasteiger partial charge in [0.2, 0.25) is 5.91 Å². The number of aliphatic hydroxyl groups is 1. The second kappa shape index (κ2) is 6.52. The van der Waals surface area contributed by atoms with E-state index in [9.17, 15) is 9.90 Å². The van der Waals surface area contributed by atoms with Gasteiger partial charge in [-0.2, -0.15) is 0 Å². The maximum absolute atomic E-state index is 12.7. The van der Waals surface area contributed by atoms with Gasteiger partial charge in [0.1, 0.15) is 0 Å². The Morgan fingerprint density at radius 1 is 1.13 bits per heavy atom. The van der Waals surface area contributed by atoms with Gasteiger partial charge < -0.3 is 10.0 Å². The Morgan fingerprint density at radius 3 is 2.39 bits per heavy atom.